The first-order chi connectivity index (χ1) is 11.6. The number of nitrogens with one attached hydrogen (secondary N) is 1. The molecule has 128 valence electrons. The summed E-state index contributed by atoms with van der Waals surface area (Å²) in [5.41, 5.74) is 2.71. The molecule has 0 radical (unpaired) electrons. The molecule has 2 amide bonds. The standard InChI is InChI=1S/C18H22N2O4/c1-2-24-18(23)13-5-7-20(8-6-13)17(22)10-12-3-4-15-14(9-12)11-16(21)19-15/h3-4,9,13H,2,5-8,10-11H2,1H3,(H,19,21). The number of ether oxygens (including phenoxy) is 1. The number of carbonyl (C=O) groups is 3. The summed E-state index contributed by atoms with van der Waals surface area (Å²) in [5.74, 6) is -0.185. The smallest absolute Gasteiger partial charge is 0.309 e. The number of likely N-dealkylation sites (tertiary alicyclic amines) is 1. The zero-order chi connectivity index (χ0) is 17.1. The average Bonchev–Trinajstić information content (AvgIpc) is 2.94. The highest BCUT2D eigenvalue weighted by molar-refractivity contribution is 5.99. The van der Waals surface area contributed by atoms with E-state index in [-0.39, 0.29) is 23.7 Å². The van der Waals surface area contributed by atoms with Crippen LogP contribution in [0.5, 0.6) is 0 Å². The summed E-state index contributed by atoms with van der Waals surface area (Å²) in [6, 6.07) is 5.67. The van der Waals surface area contributed by atoms with Gasteiger partial charge in [0.15, 0.2) is 0 Å². The van der Waals surface area contributed by atoms with Gasteiger partial charge in [0, 0.05) is 18.8 Å². The summed E-state index contributed by atoms with van der Waals surface area (Å²) < 4.78 is 5.05. The summed E-state index contributed by atoms with van der Waals surface area (Å²) in [4.78, 5) is 37.4. The SMILES string of the molecule is CCOC(=O)C1CCN(C(=O)Cc2ccc3c(c2)CC(=O)N3)CC1. The van der Waals surface area contributed by atoms with Crippen LogP contribution in [0.25, 0.3) is 0 Å². The van der Waals surface area contributed by atoms with Gasteiger partial charge < -0.3 is 15.0 Å². The Hall–Kier alpha value is -2.37. The average molecular weight is 330 g/mol. The maximum Gasteiger partial charge on any atom is 0.309 e. The van der Waals surface area contributed by atoms with Crippen molar-refractivity contribution in [2.45, 2.75) is 32.6 Å². The van der Waals surface area contributed by atoms with Gasteiger partial charge in [-0.3, -0.25) is 14.4 Å². The summed E-state index contributed by atoms with van der Waals surface area (Å²) >= 11 is 0. The maximum atomic E-state index is 12.5. The summed E-state index contributed by atoms with van der Waals surface area (Å²) in [6.45, 7) is 3.38. The van der Waals surface area contributed by atoms with Crippen molar-refractivity contribution in [3.63, 3.8) is 0 Å². The highest BCUT2D eigenvalue weighted by atomic mass is 16.5. The predicted molar refractivity (Wildman–Crippen MR) is 88.4 cm³/mol. The summed E-state index contributed by atoms with van der Waals surface area (Å²) in [6.07, 6.45) is 2.02. The molecule has 1 N–H and O–H groups in total. The predicted octanol–water partition coefficient (Wildman–Crippen LogP) is 1.53. The van der Waals surface area contributed by atoms with Crippen molar-refractivity contribution in [1.82, 2.24) is 4.90 Å². The Morgan fingerprint density at radius 3 is 2.75 bits per heavy atom. The van der Waals surface area contributed by atoms with Crippen molar-refractivity contribution in [3.8, 4) is 0 Å². The van der Waals surface area contributed by atoms with Gasteiger partial charge in [-0.05, 0) is 37.0 Å². The number of anilines is 1. The number of amides is 2. The first-order valence-corrected chi connectivity index (χ1v) is 8.43. The van der Waals surface area contributed by atoms with Gasteiger partial charge in [-0.1, -0.05) is 12.1 Å². The van der Waals surface area contributed by atoms with Gasteiger partial charge in [0.25, 0.3) is 0 Å². The molecule has 1 aromatic rings. The molecule has 2 aliphatic rings. The Morgan fingerprint density at radius 1 is 1.29 bits per heavy atom. The van der Waals surface area contributed by atoms with E-state index >= 15 is 0 Å². The molecule has 0 spiro atoms. The van der Waals surface area contributed by atoms with Crippen LogP contribution in [0, 0.1) is 5.92 Å². The first kappa shape index (κ1) is 16.5. The van der Waals surface area contributed by atoms with Crippen molar-refractivity contribution in [3.05, 3.63) is 29.3 Å². The second-order valence-electron chi connectivity index (χ2n) is 6.30. The van der Waals surface area contributed by atoms with E-state index in [2.05, 4.69) is 5.32 Å². The molecule has 2 heterocycles. The van der Waals surface area contributed by atoms with Crippen LogP contribution < -0.4 is 5.32 Å². The molecule has 1 fully saturated rings. The second kappa shape index (κ2) is 7.03. The van der Waals surface area contributed by atoms with E-state index in [4.69, 9.17) is 4.74 Å². The van der Waals surface area contributed by atoms with Crippen LogP contribution in [0.3, 0.4) is 0 Å². The molecule has 0 atom stereocenters. The zero-order valence-electron chi connectivity index (χ0n) is 13.8. The Balaban J connectivity index is 1.54. The molecule has 0 bridgehead atoms. The molecule has 24 heavy (non-hydrogen) atoms. The van der Waals surface area contributed by atoms with Gasteiger partial charge in [0.2, 0.25) is 11.8 Å². The van der Waals surface area contributed by atoms with Crippen molar-refractivity contribution in [2.75, 3.05) is 25.0 Å². The summed E-state index contributed by atoms with van der Waals surface area (Å²) in [5, 5.41) is 2.79. The van der Waals surface area contributed by atoms with Crippen LogP contribution in [-0.4, -0.2) is 42.4 Å². The van der Waals surface area contributed by atoms with Gasteiger partial charge in [-0.15, -0.1) is 0 Å². The van der Waals surface area contributed by atoms with Crippen molar-refractivity contribution < 1.29 is 19.1 Å². The van der Waals surface area contributed by atoms with Gasteiger partial charge >= 0.3 is 5.97 Å². The normalized spacial score (nSPS) is 17.4. The Morgan fingerprint density at radius 2 is 2.04 bits per heavy atom. The molecule has 0 aromatic heterocycles. The second-order valence-corrected chi connectivity index (χ2v) is 6.30. The molecular formula is C18H22N2O4. The molecule has 1 aromatic carbocycles. The third-order valence-corrected chi connectivity index (χ3v) is 4.62. The largest absolute Gasteiger partial charge is 0.466 e. The number of carbonyl (C=O) groups excluding carboxylic acids is 3. The maximum absolute atomic E-state index is 12.5. The van der Waals surface area contributed by atoms with E-state index in [1.54, 1.807) is 6.92 Å². The highest BCUT2D eigenvalue weighted by Crippen LogP contribution is 2.25. The first-order valence-electron chi connectivity index (χ1n) is 8.43. The lowest BCUT2D eigenvalue weighted by molar-refractivity contribution is -0.151. The van der Waals surface area contributed by atoms with E-state index in [1.807, 2.05) is 23.1 Å². The zero-order valence-corrected chi connectivity index (χ0v) is 13.8. The molecule has 1 saturated heterocycles. The molecule has 0 aliphatic carbocycles. The molecule has 2 aliphatic heterocycles. The molecule has 0 saturated carbocycles. The molecule has 6 heteroatoms. The van der Waals surface area contributed by atoms with Crippen LogP contribution >= 0.6 is 0 Å². The molecule has 6 nitrogen and oxygen atoms in total. The minimum absolute atomic E-state index is 0.00508. The van der Waals surface area contributed by atoms with Crippen molar-refractivity contribution in [1.29, 1.82) is 0 Å². The van der Waals surface area contributed by atoms with E-state index < -0.39 is 0 Å². The van der Waals surface area contributed by atoms with Gasteiger partial charge in [-0.2, -0.15) is 0 Å². The van der Waals surface area contributed by atoms with Crippen LogP contribution in [0.15, 0.2) is 18.2 Å². The van der Waals surface area contributed by atoms with Crippen LogP contribution in [-0.2, 0) is 32.0 Å². The quantitative estimate of drug-likeness (QED) is 0.850. The van der Waals surface area contributed by atoms with E-state index in [0.29, 0.717) is 45.4 Å². The lowest BCUT2D eigenvalue weighted by atomic mass is 9.96. The fourth-order valence-electron chi connectivity index (χ4n) is 3.30. The van der Waals surface area contributed by atoms with Gasteiger partial charge in [-0.25, -0.2) is 0 Å². The van der Waals surface area contributed by atoms with Crippen LogP contribution in [0.2, 0.25) is 0 Å². The van der Waals surface area contributed by atoms with Crippen LogP contribution in [0.1, 0.15) is 30.9 Å². The molecule has 3 rings (SSSR count). The van der Waals surface area contributed by atoms with E-state index in [0.717, 1.165) is 16.8 Å². The number of rotatable bonds is 4. The monoisotopic (exact) mass is 330 g/mol. The Kier molecular flexibility index (Phi) is 4.83. The number of piperidine rings is 1. The number of fused-ring (bicyclic) bond motifs is 1. The highest BCUT2D eigenvalue weighted by Gasteiger charge is 2.28. The number of benzene rings is 1. The lowest BCUT2D eigenvalue weighted by Crippen LogP contribution is -2.41. The lowest BCUT2D eigenvalue weighted by Gasteiger charge is -2.31. The van der Waals surface area contributed by atoms with Crippen LogP contribution in [0.4, 0.5) is 5.69 Å². The Labute approximate surface area is 141 Å². The summed E-state index contributed by atoms with van der Waals surface area (Å²) in [7, 11) is 0. The number of hydrogen-bond donors (Lipinski definition) is 1. The van der Waals surface area contributed by atoms with E-state index in [1.165, 1.54) is 0 Å². The Bertz CT molecular complexity index is 663. The number of hydrogen-bond acceptors (Lipinski definition) is 4. The molecule has 0 unspecified atom stereocenters. The van der Waals surface area contributed by atoms with Gasteiger partial charge in [0.05, 0.1) is 25.4 Å². The minimum Gasteiger partial charge on any atom is -0.466 e. The van der Waals surface area contributed by atoms with Crippen molar-refractivity contribution in [2.24, 2.45) is 5.92 Å². The topological polar surface area (TPSA) is 75.7 Å². The minimum atomic E-state index is -0.152. The fraction of sp³-hybridized carbons (Fsp3) is 0.500. The van der Waals surface area contributed by atoms with E-state index in [9.17, 15) is 14.4 Å². The fourth-order valence-corrected chi connectivity index (χ4v) is 3.30. The molecular weight excluding hydrogens is 308 g/mol. The third kappa shape index (κ3) is 3.58. The number of nitrogens with zero attached hydrogens (tertiary/aromatic N) is 1. The number of esters is 1. The van der Waals surface area contributed by atoms with Gasteiger partial charge in [0.1, 0.15) is 0 Å². The third-order valence-electron chi connectivity index (χ3n) is 4.62. The van der Waals surface area contributed by atoms with Crippen molar-refractivity contribution >= 4 is 23.5 Å².